The van der Waals surface area contributed by atoms with E-state index in [1.165, 1.54) is 4.90 Å². The molecule has 2 amide bonds. The number of hydrogen-bond acceptors (Lipinski definition) is 4. The number of amides is 2. The Morgan fingerprint density at radius 3 is 1.09 bits per heavy atom. The Balaban J connectivity index is 1.40. The van der Waals surface area contributed by atoms with Gasteiger partial charge in [-0.25, -0.2) is 4.90 Å². The molecular formula is C50H37N3O4. The molecule has 0 radical (unpaired) electrons. The number of rotatable bonds is 5. The smallest absolute Gasteiger partial charge is 0.266 e. The summed E-state index contributed by atoms with van der Waals surface area (Å²) < 4.78 is 4.13. The fourth-order valence-electron chi connectivity index (χ4n) is 9.01. The summed E-state index contributed by atoms with van der Waals surface area (Å²) in [7, 11) is 0. The lowest BCUT2D eigenvalue weighted by Crippen LogP contribution is -2.42. The normalized spacial score (nSPS) is 13.1. The summed E-state index contributed by atoms with van der Waals surface area (Å²) in [5.41, 5.74) is 7.22. The van der Waals surface area contributed by atoms with Gasteiger partial charge in [-0.3, -0.25) is 19.2 Å². The molecule has 57 heavy (non-hydrogen) atoms. The Morgan fingerprint density at radius 1 is 0.386 bits per heavy atom. The Hall–Kier alpha value is -7.12. The number of aromatic nitrogens is 2. The first-order valence-corrected chi connectivity index (χ1v) is 19.3. The summed E-state index contributed by atoms with van der Waals surface area (Å²) in [6, 6.07) is 43.6. The van der Waals surface area contributed by atoms with Crippen LogP contribution in [0.25, 0.3) is 65.8 Å². The van der Waals surface area contributed by atoms with Crippen molar-refractivity contribution < 1.29 is 9.59 Å². The van der Waals surface area contributed by atoms with Crippen molar-refractivity contribution in [3.05, 3.63) is 182 Å². The largest absolute Gasteiger partial charge is 0.308 e. The van der Waals surface area contributed by atoms with E-state index in [2.05, 4.69) is 36.8 Å². The predicted octanol–water partition coefficient (Wildman–Crippen LogP) is 10.8. The van der Waals surface area contributed by atoms with Gasteiger partial charge in [0.05, 0.1) is 39.1 Å². The second kappa shape index (κ2) is 12.7. The first-order chi connectivity index (χ1) is 27.7. The lowest BCUT2D eigenvalue weighted by atomic mass is 9.87. The van der Waals surface area contributed by atoms with Gasteiger partial charge in [0.25, 0.3) is 11.8 Å². The number of carbonyl (C=O) groups excluding carboxylic acids is 2. The summed E-state index contributed by atoms with van der Waals surface area (Å²) in [5.74, 6) is -0.704. The molecule has 3 heterocycles. The number of pyridine rings is 2. The molecule has 10 rings (SSSR count). The molecular weight excluding hydrogens is 707 g/mol. The highest BCUT2D eigenvalue weighted by molar-refractivity contribution is 6.37. The highest BCUT2D eigenvalue weighted by Crippen LogP contribution is 2.44. The minimum Gasteiger partial charge on any atom is -0.308 e. The molecule has 0 saturated carbocycles. The lowest BCUT2D eigenvalue weighted by Gasteiger charge is -2.33. The third kappa shape index (κ3) is 4.85. The van der Waals surface area contributed by atoms with Gasteiger partial charge in [0.2, 0.25) is 0 Å². The quantitative estimate of drug-likeness (QED) is 0.130. The van der Waals surface area contributed by atoms with Crippen LogP contribution in [-0.2, 0) is 0 Å². The second-order valence-electron chi connectivity index (χ2n) is 15.5. The van der Waals surface area contributed by atoms with Crippen molar-refractivity contribution in [2.75, 3.05) is 4.90 Å². The maximum absolute atomic E-state index is 15.2. The molecule has 0 saturated heterocycles. The molecule has 0 spiro atoms. The summed E-state index contributed by atoms with van der Waals surface area (Å²) in [5, 5.41) is 3.34. The zero-order valence-electron chi connectivity index (χ0n) is 31.9. The van der Waals surface area contributed by atoms with Crippen molar-refractivity contribution in [2.24, 2.45) is 0 Å². The zero-order chi connectivity index (χ0) is 39.3. The predicted molar refractivity (Wildman–Crippen MR) is 231 cm³/mol. The maximum atomic E-state index is 15.2. The summed E-state index contributed by atoms with van der Waals surface area (Å²) in [4.78, 5) is 59.8. The molecule has 0 atom stereocenters. The van der Waals surface area contributed by atoms with Gasteiger partial charge in [-0.2, -0.15) is 0 Å². The van der Waals surface area contributed by atoms with Crippen LogP contribution in [0.5, 0.6) is 0 Å². The Morgan fingerprint density at radius 2 is 0.737 bits per heavy atom. The highest BCUT2D eigenvalue weighted by Gasteiger charge is 2.38. The number of nitrogens with zero attached hydrogens (tertiary/aromatic N) is 3. The topological polar surface area (TPSA) is 81.4 Å². The maximum Gasteiger partial charge on any atom is 0.266 e. The van der Waals surface area contributed by atoms with E-state index < -0.39 is 11.8 Å². The first kappa shape index (κ1) is 34.4. The van der Waals surface area contributed by atoms with Crippen LogP contribution in [0.4, 0.5) is 5.69 Å². The molecule has 7 nitrogen and oxygen atoms in total. The number of anilines is 1. The van der Waals surface area contributed by atoms with Gasteiger partial charge in [0.15, 0.2) is 10.9 Å². The van der Waals surface area contributed by atoms with Crippen molar-refractivity contribution in [3.8, 4) is 11.4 Å². The fraction of sp³-hybridized carbons (Fsp3) is 0.120. The van der Waals surface area contributed by atoms with E-state index in [0.717, 1.165) is 11.1 Å². The van der Waals surface area contributed by atoms with Gasteiger partial charge in [0.1, 0.15) is 0 Å². The van der Waals surface area contributed by atoms with Crippen LogP contribution >= 0.6 is 0 Å². The lowest BCUT2D eigenvalue weighted by molar-refractivity contribution is 0.0893. The molecule has 7 heteroatoms. The van der Waals surface area contributed by atoms with Gasteiger partial charge in [-0.05, 0) is 95.8 Å². The molecule has 1 aliphatic heterocycles. The number of carbonyl (C=O) groups is 2. The van der Waals surface area contributed by atoms with Gasteiger partial charge < -0.3 is 9.13 Å². The summed E-state index contributed by atoms with van der Waals surface area (Å²) >= 11 is 0. The molecule has 0 aliphatic carbocycles. The van der Waals surface area contributed by atoms with Gasteiger partial charge in [-0.1, -0.05) is 94.4 Å². The third-order valence-corrected chi connectivity index (χ3v) is 11.6. The van der Waals surface area contributed by atoms with Crippen molar-refractivity contribution >= 4 is 71.9 Å². The molecule has 1 aliphatic rings. The van der Waals surface area contributed by atoms with E-state index in [0.29, 0.717) is 82.6 Å². The van der Waals surface area contributed by atoms with Gasteiger partial charge in [-0.15, -0.1) is 0 Å². The van der Waals surface area contributed by atoms with Crippen molar-refractivity contribution in [2.45, 2.75) is 39.5 Å². The molecule has 9 aromatic rings. The van der Waals surface area contributed by atoms with E-state index in [9.17, 15) is 9.59 Å². The van der Waals surface area contributed by atoms with Crippen LogP contribution in [0.1, 0.15) is 71.4 Å². The Labute approximate surface area is 327 Å². The minimum absolute atomic E-state index is 0.0503. The third-order valence-electron chi connectivity index (χ3n) is 11.6. The average molecular weight is 744 g/mol. The molecule has 0 N–H and O–H groups in total. The van der Waals surface area contributed by atoms with Crippen LogP contribution in [-0.4, -0.2) is 20.9 Å². The number of hydrogen-bond donors (Lipinski definition) is 0. The van der Waals surface area contributed by atoms with E-state index in [1.807, 2.05) is 140 Å². The number of imide groups is 1. The standard InChI is InChI=1S/C50H37N3O4/c1-28(2)30-18-13-19-31(29(3)4)46(30)53-49(56)36-24-26-42(51-38-20-9-5-14-32(38)47(54)33-15-6-10-21-39(33)51)45-43(27-25-37(44(36)45)50(53)57)52-40-22-11-7-16-34(40)48(55)35-17-8-12-23-41(35)52/h5-29H,1-4H3. The first-order valence-electron chi connectivity index (χ1n) is 19.3. The zero-order valence-corrected chi connectivity index (χ0v) is 31.9. The van der Waals surface area contributed by atoms with Crippen molar-refractivity contribution in [1.82, 2.24) is 9.13 Å². The van der Waals surface area contributed by atoms with Gasteiger partial charge >= 0.3 is 0 Å². The van der Waals surface area contributed by atoms with E-state index in [1.54, 1.807) is 0 Å². The number of fused-ring (bicyclic) bond motifs is 4. The monoisotopic (exact) mass is 743 g/mol. The van der Waals surface area contributed by atoms with E-state index >= 15 is 9.59 Å². The molecule has 276 valence electrons. The van der Waals surface area contributed by atoms with Crippen LogP contribution in [0.15, 0.2) is 149 Å². The van der Waals surface area contributed by atoms with Gasteiger partial charge in [0, 0.05) is 43.4 Å². The molecule has 0 unspecified atom stereocenters. The Bertz CT molecular complexity index is 3020. The molecule has 2 aromatic heterocycles. The number of para-hydroxylation sites is 5. The fourth-order valence-corrected chi connectivity index (χ4v) is 9.01. The van der Waals surface area contributed by atoms with Crippen LogP contribution in [0, 0.1) is 0 Å². The molecule has 0 fully saturated rings. The minimum atomic E-state index is -0.402. The van der Waals surface area contributed by atoms with Crippen LogP contribution < -0.4 is 15.8 Å². The highest BCUT2D eigenvalue weighted by atomic mass is 16.2. The number of benzene rings is 7. The summed E-state index contributed by atoms with van der Waals surface area (Å²) in [6.45, 7) is 8.31. The second-order valence-corrected chi connectivity index (χ2v) is 15.5. The summed E-state index contributed by atoms with van der Waals surface area (Å²) in [6.07, 6.45) is 0. The Kier molecular flexibility index (Phi) is 7.67. The van der Waals surface area contributed by atoms with E-state index in [4.69, 9.17) is 0 Å². The van der Waals surface area contributed by atoms with Crippen LogP contribution in [0.2, 0.25) is 0 Å². The molecule has 7 aromatic carbocycles. The average Bonchev–Trinajstić information content (AvgIpc) is 3.23. The van der Waals surface area contributed by atoms with Crippen molar-refractivity contribution in [3.63, 3.8) is 0 Å². The van der Waals surface area contributed by atoms with Crippen molar-refractivity contribution in [1.29, 1.82) is 0 Å². The van der Waals surface area contributed by atoms with E-state index in [-0.39, 0.29) is 22.7 Å². The SMILES string of the molecule is CC(C)c1cccc(C(C)C)c1N1C(=O)c2ccc(-n3c4ccccc4c(=O)c4ccccc43)c3c(-n4c5ccccc5c(=O)c5ccccc54)ccc(c23)C1=O. The molecule has 0 bridgehead atoms. The van der Waals surface area contributed by atoms with Crippen LogP contribution in [0.3, 0.4) is 0 Å².